The van der Waals surface area contributed by atoms with E-state index in [4.69, 9.17) is 16.3 Å². The summed E-state index contributed by atoms with van der Waals surface area (Å²) in [6.07, 6.45) is 2.85. The molecule has 0 bridgehead atoms. The van der Waals surface area contributed by atoms with Gasteiger partial charge in [-0.1, -0.05) is 11.6 Å². The van der Waals surface area contributed by atoms with E-state index in [2.05, 4.69) is 22.2 Å². The van der Waals surface area contributed by atoms with E-state index in [1.54, 1.807) is 12.3 Å². The van der Waals surface area contributed by atoms with Crippen molar-refractivity contribution in [3.63, 3.8) is 0 Å². The largest absolute Gasteiger partial charge is 0.480 e. The first-order chi connectivity index (χ1) is 10.6. The van der Waals surface area contributed by atoms with Gasteiger partial charge in [-0.3, -0.25) is 0 Å². The Morgan fingerprint density at radius 2 is 2.36 bits per heavy atom. The third-order valence-corrected chi connectivity index (χ3v) is 4.88. The molecule has 2 fully saturated rings. The molecule has 0 aliphatic carbocycles. The molecule has 0 saturated carbocycles. The number of methoxy groups -OCH3 is 1. The van der Waals surface area contributed by atoms with Crippen molar-refractivity contribution in [3.8, 4) is 5.88 Å². The number of nitrogens with zero attached hydrogens (tertiary/aromatic N) is 3. The number of hydrogen-bond acceptors (Lipinski definition) is 4. The van der Waals surface area contributed by atoms with E-state index in [1.165, 1.54) is 13.5 Å². The Kier molecular flexibility index (Phi) is 4.40. The number of urea groups is 1. The number of carbonyl (C=O) groups is 1. The lowest BCUT2D eigenvalue weighted by atomic mass is 10.1. The van der Waals surface area contributed by atoms with E-state index in [0.717, 1.165) is 25.2 Å². The number of hydrogen-bond donors (Lipinski definition) is 1. The Balaban J connectivity index is 1.54. The molecule has 1 N–H and O–H groups in total. The second kappa shape index (κ2) is 6.30. The first-order valence-electron chi connectivity index (χ1n) is 7.50. The fourth-order valence-corrected chi connectivity index (χ4v) is 3.61. The zero-order chi connectivity index (χ0) is 15.7. The molecule has 2 aliphatic heterocycles. The van der Waals surface area contributed by atoms with E-state index in [9.17, 15) is 4.79 Å². The van der Waals surface area contributed by atoms with Crippen LogP contribution in [0.15, 0.2) is 12.3 Å². The molecular formula is C15H21ClN4O2. The van der Waals surface area contributed by atoms with Crippen LogP contribution < -0.4 is 10.1 Å². The van der Waals surface area contributed by atoms with Crippen LogP contribution in [0.4, 0.5) is 4.79 Å². The zero-order valence-electron chi connectivity index (χ0n) is 12.9. The van der Waals surface area contributed by atoms with Crippen molar-refractivity contribution in [2.45, 2.75) is 19.0 Å². The molecule has 22 heavy (non-hydrogen) atoms. The van der Waals surface area contributed by atoms with Crippen LogP contribution in [0.3, 0.4) is 0 Å². The summed E-state index contributed by atoms with van der Waals surface area (Å²) in [5.41, 5.74) is 0.857. The van der Waals surface area contributed by atoms with Gasteiger partial charge in [-0.25, -0.2) is 9.78 Å². The molecule has 2 atom stereocenters. The van der Waals surface area contributed by atoms with E-state index in [0.29, 0.717) is 29.4 Å². The lowest BCUT2D eigenvalue weighted by Gasteiger charge is -2.21. The molecule has 2 amide bonds. The van der Waals surface area contributed by atoms with Gasteiger partial charge in [0.2, 0.25) is 5.88 Å². The van der Waals surface area contributed by atoms with Crippen molar-refractivity contribution in [1.82, 2.24) is 20.1 Å². The van der Waals surface area contributed by atoms with E-state index >= 15 is 0 Å². The molecule has 0 spiro atoms. The number of carbonyl (C=O) groups excluding carboxylic acids is 1. The molecule has 1 aromatic rings. The number of nitrogens with one attached hydrogen (secondary N) is 1. The first kappa shape index (κ1) is 15.4. The molecule has 0 aromatic carbocycles. The maximum Gasteiger partial charge on any atom is 0.317 e. The lowest BCUT2D eigenvalue weighted by Crippen LogP contribution is -2.40. The third-order valence-electron chi connectivity index (χ3n) is 4.61. The SMILES string of the molecule is COc1ncc(CNC(=O)N2C[C@@H]3CCN(C)[C@@H]3C2)cc1Cl. The van der Waals surface area contributed by atoms with E-state index in [1.807, 2.05) is 4.90 Å². The average Bonchev–Trinajstić information content (AvgIpc) is 3.07. The number of pyridine rings is 1. The number of halogens is 1. The van der Waals surface area contributed by atoms with Crippen LogP contribution in [0.1, 0.15) is 12.0 Å². The van der Waals surface area contributed by atoms with Crippen LogP contribution >= 0.6 is 11.6 Å². The van der Waals surface area contributed by atoms with Crippen LogP contribution in [0, 0.1) is 5.92 Å². The molecule has 6 nitrogen and oxygen atoms in total. The highest BCUT2D eigenvalue weighted by Crippen LogP contribution is 2.30. The highest BCUT2D eigenvalue weighted by Gasteiger charge is 2.41. The number of likely N-dealkylation sites (tertiary alicyclic amines) is 2. The number of aromatic nitrogens is 1. The van der Waals surface area contributed by atoms with Gasteiger partial charge in [-0.15, -0.1) is 0 Å². The van der Waals surface area contributed by atoms with Gasteiger partial charge in [-0.2, -0.15) is 0 Å². The minimum atomic E-state index is -0.0188. The van der Waals surface area contributed by atoms with Gasteiger partial charge in [-0.05, 0) is 37.6 Å². The summed E-state index contributed by atoms with van der Waals surface area (Å²) in [7, 11) is 3.66. The van der Waals surface area contributed by atoms with Crippen molar-refractivity contribution in [3.05, 3.63) is 22.8 Å². The normalized spacial score (nSPS) is 24.4. The van der Waals surface area contributed by atoms with Crippen molar-refractivity contribution in [1.29, 1.82) is 0 Å². The summed E-state index contributed by atoms with van der Waals surface area (Å²) in [5.74, 6) is 1.01. The number of amides is 2. The molecule has 2 saturated heterocycles. The average molecular weight is 325 g/mol. The van der Waals surface area contributed by atoms with Crippen molar-refractivity contribution >= 4 is 17.6 Å². The Morgan fingerprint density at radius 3 is 3.05 bits per heavy atom. The second-order valence-corrected chi connectivity index (χ2v) is 6.40. The fourth-order valence-electron chi connectivity index (χ4n) is 3.34. The number of likely N-dealkylation sites (N-methyl/N-ethyl adjacent to an activating group) is 1. The first-order valence-corrected chi connectivity index (χ1v) is 7.87. The second-order valence-electron chi connectivity index (χ2n) is 6.00. The Hall–Kier alpha value is -1.53. The van der Waals surface area contributed by atoms with Crippen molar-refractivity contribution < 1.29 is 9.53 Å². The molecule has 1 aromatic heterocycles. The zero-order valence-corrected chi connectivity index (χ0v) is 13.6. The highest BCUT2D eigenvalue weighted by atomic mass is 35.5. The molecule has 120 valence electrons. The van der Waals surface area contributed by atoms with Crippen LogP contribution in [-0.2, 0) is 6.54 Å². The van der Waals surface area contributed by atoms with E-state index in [-0.39, 0.29) is 6.03 Å². The summed E-state index contributed by atoms with van der Waals surface area (Å²) in [5, 5.41) is 3.39. The maximum atomic E-state index is 12.3. The minimum absolute atomic E-state index is 0.0188. The van der Waals surface area contributed by atoms with Crippen LogP contribution in [0.25, 0.3) is 0 Å². The van der Waals surface area contributed by atoms with Gasteiger partial charge < -0.3 is 19.9 Å². The molecule has 7 heteroatoms. The summed E-state index contributed by atoms with van der Waals surface area (Å²) in [6.45, 7) is 3.22. The third kappa shape index (κ3) is 2.98. The number of fused-ring (bicyclic) bond motifs is 1. The molecule has 3 heterocycles. The molecule has 2 aliphatic rings. The fraction of sp³-hybridized carbons (Fsp3) is 0.600. The van der Waals surface area contributed by atoms with E-state index < -0.39 is 0 Å². The van der Waals surface area contributed by atoms with Gasteiger partial charge in [0.15, 0.2) is 0 Å². The minimum Gasteiger partial charge on any atom is -0.480 e. The lowest BCUT2D eigenvalue weighted by molar-refractivity contribution is 0.200. The summed E-state index contributed by atoms with van der Waals surface area (Å²) in [4.78, 5) is 20.6. The number of rotatable bonds is 3. The molecule has 0 unspecified atom stereocenters. The summed E-state index contributed by atoms with van der Waals surface area (Å²) >= 11 is 6.04. The summed E-state index contributed by atoms with van der Waals surface area (Å²) < 4.78 is 5.02. The monoisotopic (exact) mass is 324 g/mol. The van der Waals surface area contributed by atoms with Gasteiger partial charge in [0.05, 0.1) is 7.11 Å². The standard InChI is InChI=1S/C15H21ClN4O2/c1-19-4-3-11-8-20(9-13(11)19)15(21)18-7-10-5-12(16)14(22-2)17-6-10/h5-6,11,13H,3-4,7-9H2,1-2H3,(H,18,21)/t11-,13+/m0/s1. The Morgan fingerprint density at radius 1 is 1.55 bits per heavy atom. The van der Waals surface area contributed by atoms with Gasteiger partial charge >= 0.3 is 6.03 Å². The van der Waals surface area contributed by atoms with Gasteiger partial charge in [0.25, 0.3) is 0 Å². The molecular weight excluding hydrogens is 304 g/mol. The number of ether oxygens (including phenoxy) is 1. The predicted molar refractivity (Wildman–Crippen MR) is 84.1 cm³/mol. The summed E-state index contributed by atoms with van der Waals surface area (Å²) in [6, 6.07) is 2.26. The topological polar surface area (TPSA) is 57.7 Å². The quantitative estimate of drug-likeness (QED) is 0.917. The highest BCUT2D eigenvalue weighted by molar-refractivity contribution is 6.31. The molecule has 3 rings (SSSR count). The van der Waals surface area contributed by atoms with Crippen molar-refractivity contribution in [2.24, 2.45) is 5.92 Å². The maximum absolute atomic E-state index is 12.3. The predicted octanol–water partition coefficient (Wildman–Crippen LogP) is 1.59. The smallest absolute Gasteiger partial charge is 0.317 e. The Labute approximate surface area is 135 Å². The van der Waals surface area contributed by atoms with Gasteiger partial charge in [0, 0.05) is 31.9 Å². The molecule has 0 radical (unpaired) electrons. The Bertz CT molecular complexity index is 568. The van der Waals surface area contributed by atoms with Crippen LogP contribution in [0.2, 0.25) is 5.02 Å². The van der Waals surface area contributed by atoms with Gasteiger partial charge in [0.1, 0.15) is 5.02 Å². The van der Waals surface area contributed by atoms with Crippen molar-refractivity contribution in [2.75, 3.05) is 33.8 Å². The van der Waals surface area contributed by atoms with Crippen LogP contribution in [-0.4, -0.2) is 60.6 Å². The van der Waals surface area contributed by atoms with Crippen LogP contribution in [0.5, 0.6) is 5.88 Å².